The molecule has 3 nitrogen and oxygen atoms in total. The third kappa shape index (κ3) is 39.3. The summed E-state index contributed by atoms with van der Waals surface area (Å²) in [6, 6.07) is 0. The van der Waals surface area contributed by atoms with Crippen LogP contribution < -0.4 is 34.0 Å². The lowest BCUT2D eigenvalue weighted by molar-refractivity contribution is -0.892. The van der Waals surface area contributed by atoms with E-state index in [1.54, 1.807) is 0 Å². The van der Waals surface area contributed by atoms with Crippen LogP contribution in [0.2, 0.25) is 0 Å². The lowest BCUT2D eigenvalue weighted by Crippen LogP contribution is -3.00. The predicted molar refractivity (Wildman–Crippen MR) is 202 cm³/mol. The Labute approximate surface area is 314 Å². The van der Waals surface area contributed by atoms with Gasteiger partial charge in [-0.2, -0.15) is 0 Å². The van der Waals surface area contributed by atoms with Crippen LogP contribution in [0.3, 0.4) is 0 Å². The first-order chi connectivity index (χ1) is 21.2. The van der Waals surface area contributed by atoms with E-state index < -0.39 is 0 Å². The van der Waals surface area contributed by atoms with E-state index in [9.17, 15) is 0 Å². The van der Waals surface area contributed by atoms with Crippen molar-refractivity contribution in [1.29, 1.82) is 0 Å². The minimum atomic E-state index is 0. The van der Waals surface area contributed by atoms with Crippen LogP contribution in [0.1, 0.15) is 194 Å². The maximum absolute atomic E-state index is 2.59. The van der Waals surface area contributed by atoms with Gasteiger partial charge < -0.3 is 42.9 Å². The van der Waals surface area contributed by atoms with Gasteiger partial charge in [0.1, 0.15) is 0 Å². The van der Waals surface area contributed by atoms with Gasteiger partial charge in [0.25, 0.3) is 0 Å². The molecule has 46 heavy (non-hydrogen) atoms. The van der Waals surface area contributed by atoms with E-state index in [0.29, 0.717) is 0 Å². The lowest BCUT2D eigenvalue weighted by Gasteiger charge is -2.34. The van der Waals surface area contributed by atoms with Gasteiger partial charge in [-0.05, 0) is 32.7 Å². The van der Waals surface area contributed by atoms with E-state index in [0.717, 1.165) is 0 Å². The molecule has 0 aromatic carbocycles. The van der Waals surface area contributed by atoms with Crippen LogP contribution in [0.25, 0.3) is 0 Å². The van der Waals surface area contributed by atoms with Gasteiger partial charge >= 0.3 is 0 Å². The zero-order valence-corrected chi connectivity index (χ0v) is 36.3. The Morgan fingerprint density at radius 2 is 0.500 bits per heavy atom. The molecule has 5 heteroatoms. The van der Waals surface area contributed by atoms with Crippen molar-refractivity contribution in [2.24, 2.45) is 0 Å². The summed E-state index contributed by atoms with van der Waals surface area (Å²) in [4.78, 5) is 2.59. The Morgan fingerprint density at radius 1 is 0.304 bits per heavy atom. The zero-order chi connectivity index (χ0) is 32.6. The summed E-state index contributed by atoms with van der Waals surface area (Å²) in [5.41, 5.74) is 0. The average Bonchev–Trinajstić information content (AvgIpc) is 2.99. The molecule has 0 aliphatic carbocycles. The van der Waals surface area contributed by atoms with Crippen LogP contribution in [-0.2, 0) is 0 Å². The quantitative estimate of drug-likeness (QED) is 0.0554. The number of likely N-dealkylation sites (N-methyl/N-ethyl adjacent to an activating group) is 3. The molecule has 0 spiro atoms. The number of hydrogen-bond acceptors (Lipinski definition) is 1. The van der Waals surface area contributed by atoms with E-state index in [-0.39, 0.29) is 34.0 Å². The highest BCUT2D eigenvalue weighted by Crippen LogP contribution is 2.15. The SMILES string of the molecule is CCCCCCCCCCCCCCCC[N+](C)(C)CCN(C)CC[N+](C)(C)CCCCCCCCCCCCCCCC.[Br-].[Br-]. The molecule has 0 rings (SSSR count). The van der Waals surface area contributed by atoms with Gasteiger partial charge in [0.15, 0.2) is 0 Å². The summed E-state index contributed by atoms with van der Waals surface area (Å²) in [6.45, 7) is 12.3. The number of halogens is 2. The van der Waals surface area contributed by atoms with E-state index in [2.05, 4.69) is 54.0 Å². The lowest BCUT2D eigenvalue weighted by atomic mass is 10.0. The molecule has 0 aliphatic rings. The smallest absolute Gasteiger partial charge is 0.0911 e. The standard InChI is InChI=1S/C41H89N3.2BrH/c1-8-10-12-14-16-18-20-22-24-26-28-30-32-34-38-43(4,5)40-36-42(3)37-41-44(6,7)39-35-33-31-29-27-25-23-21-19-17-15-13-11-9-2;;/h8-41H2,1-7H3;2*1H/q+2;;/p-2. The van der Waals surface area contributed by atoms with Crippen molar-refractivity contribution in [3.63, 3.8) is 0 Å². The molecule has 0 atom stereocenters. The maximum Gasteiger partial charge on any atom is 0.0911 e. The average molecular weight is 784 g/mol. The fourth-order valence-corrected chi connectivity index (χ4v) is 6.69. The maximum atomic E-state index is 2.59. The van der Waals surface area contributed by atoms with Gasteiger partial charge in [0.2, 0.25) is 0 Å². The van der Waals surface area contributed by atoms with Crippen molar-refractivity contribution in [2.45, 2.75) is 194 Å². The second kappa shape index (κ2) is 37.1. The Hall–Kier alpha value is 0.840. The molecule has 0 heterocycles. The second-order valence-electron chi connectivity index (χ2n) is 16.3. The van der Waals surface area contributed by atoms with E-state index in [1.165, 1.54) is 228 Å². The minimum Gasteiger partial charge on any atom is -1.00 e. The summed E-state index contributed by atoms with van der Waals surface area (Å²) in [7, 11) is 12.1. The van der Waals surface area contributed by atoms with Crippen molar-refractivity contribution in [2.75, 3.05) is 74.5 Å². The molecule has 0 N–H and O–H groups in total. The van der Waals surface area contributed by atoms with E-state index in [4.69, 9.17) is 0 Å². The molecule has 0 fully saturated rings. The largest absolute Gasteiger partial charge is 1.00 e. The van der Waals surface area contributed by atoms with E-state index in [1.807, 2.05) is 0 Å². The number of quaternary nitrogens is 2. The molecular weight excluding hydrogens is 694 g/mol. The van der Waals surface area contributed by atoms with Crippen molar-refractivity contribution < 1.29 is 42.9 Å². The van der Waals surface area contributed by atoms with Crippen LogP contribution >= 0.6 is 0 Å². The first-order valence-corrected chi connectivity index (χ1v) is 20.5. The Bertz CT molecular complexity index is 522. The molecule has 0 aromatic heterocycles. The Morgan fingerprint density at radius 3 is 0.717 bits per heavy atom. The number of rotatable bonds is 36. The minimum absolute atomic E-state index is 0. The van der Waals surface area contributed by atoms with Gasteiger partial charge in [0, 0.05) is 13.1 Å². The Balaban J connectivity index is -0.00000924. The first kappa shape index (κ1) is 51.2. The highest BCUT2D eigenvalue weighted by Gasteiger charge is 2.18. The molecule has 0 radical (unpaired) electrons. The zero-order valence-electron chi connectivity index (χ0n) is 33.1. The number of nitrogens with zero attached hydrogens (tertiary/aromatic N) is 3. The topological polar surface area (TPSA) is 3.24 Å². The second-order valence-corrected chi connectivity index (χ2v) is 16.3. The van der Waals surface area contributed by atoms with Crippen LogP contribution in [0.4, 0.5) is 0 Å². The molecule has 0 unspecified atom stereocenters. The molecule has 0 saturated heterocycles. The summed E-state index contributed by atoms with van der Waals surface area (Å²) in [6.07, 6.45) is 40.6. The van der Waals surface area contributed by atoms with Crippen LogP contribution in [0.5, 0.6) is 0 Å². The highest BCUT2D eigenvalue weighted by atomic mass is 79.9. The highest BCUT2D eigenvalue weighted by molar-refractivity contribution is 4.54. The molecule has 0 saturated carbocycles. The van der Waals surface area contributed by atoms with E-state index >= 15 is 0 Å². The van der Waals surface area contributed by atoms with Crippen molar-refractivity contribution in [3.8, 4) is 0 Å². The Kier molecular flexibility index (Phi) is 41.3. The molecule has 0 bridgehead atoms. The van der Waals surface area contributed by atoms with Crippen molar-refractivity contribution in [1.82, 2.24) is 4.90 Å². The third-order valence-corrected chi connectivity index (χ3v) is 10.4. The number of unbranched alkanes of at least 4 members (excludes halogenated alkanes) is 26. The van der Waals surface area contributed by atoms with Crippen LogP contribution in [-0.4, -0.2) is 88.4 Å². The van der Waals surface area contributed by atoms with Crippen molar-refractivity contribution in [3.05, 3.63) is 0 Å². The molecule has 0 aliphatic heterocycles. The van der Waals surface area contributed by atoms with Crippen LogP contribution in [0.15, 0.2) is 0 Å². The predicted octanol–water partition coefficient (Wildman–Crippen LogP) is 6.04. The molecule has 282 valence electrons. The van der Waals surface area contributed by atoms with Gasteiger partial charge in [-0.25, -0.2) is 0 Å². The van der Waals surface area contributed by atoms with Gasteiger partial charge in [0.05, 0.1) is 54.4 Å². The summed E-state index contributed by atoms with van der Waals surface area (Å²) < 4.78 is 2.36. The summed E-state index contributed by atoms with van der Waals surface area (Å²) in [5, 5.41) is 0. The third-order valence-electron chi connectivity index (χ3n) is 10.4. The fourth-order valence-electron chi connectivity index (χ4n) is 6.69. The molecule has 0 aromatic rings. The van der Waals surface area contributed by atoms with Gasteiger partial charge in [-0.1, -0.05) is 168 Å². The molecule has 0 amide bonds. The van der Waals surface area contributed by atoms with Gasteiger partial charge in [-0.3, -0.25) is 4.90 Å². The number of hydrogen-bond donors (Lipinski definition) is 0. The van der Waals surface area contributed by atoms with Crippen LogP contribution in [0, 0.1) is 0 Å². The summed E-state index contributed by atoms with van der Waals surface area (Å²) >= 11 is 0. The molecular formula is C41H89Br2N3. The van der Waals surface area contributed by atoms with Gasteiger partial charge in [-0.15, -0.1) is 0 Å². The normalized spacial score (nSPS) is 12.0. The first-order valence-electron chi connectivity index (χ1n) is 20.5. The monoisotopic (exact) mass is 782 g/mol. The fraction of sp³-hybridized carbons (Fsp3) is 1.00. The summed E-state index contributed by atoms with van der Waals surface area (Å²) in [5.74, 6) is 0. The van der Waals surface area contributed by atoms with Crippen molar-refractivity contribution >= 4 is 0 Å².